The van der Waals surface area contributed by atoms with Crippen molar-refractivity contribution in [3.8, 4) is 11.8 Å². The van der Waals surface area contributed by atoms with E-state index in [1.54, 1.807) is 12.1 Å². The number of Topliss-reactive ketones (excluding diaryl/α,β-unsaturated/α-hetero) is 1. The summed E-state index contributed by atoms with van der Waals surface area (Å²) in [6.45, 7) is 4.21. The molecule has 2 aromatic rings. The summed E-state index contributed by atoms with van der Waals surface area (Å²) in [6.07, 6.45) is 7.14. The molecule has 3 fully saturated rings. The minimum atomic E-state index is -1.55. The van der Waals surface area contributed by atoms with Gasteiger partial charge in [0.25, 0.3) is 0 Å². The molecule has 7 atom stereocenters. The van der Waals surface area contributed by atoms with Crippen molar-refractivity contribution in [2.75, 3.05) is 0 Å². The van der Waals surface area contributed by atoms with Gasteiger partial charge >= 0.3 is 0 Å². The minimum absolute atomic E-state index is 0.0197. The fourth-order valence-electron chi connectivity index (χ4n) is 8.65. The second-order valence-electron chi connectivity index (χ2n) is 11.9. The van der Waals surface area contributed by atoms with E-state index in [0.717, 1.165) is 42.6 Å². The van der Waals surface area contributed by atoms with E-state index in [0.29, 0.717) is 12.8 Å². The molecule has 1 aromatic carbocycles. The molecule has 0 bridgehead atoms. The Morgan fingerprint density at radius 2 is 2.03 bits per heavy atom. The van der Waals surface area contributed by atoms with Crippen LogP contribution in [0.1, 0.15) is 63.6 Å². The minimum Gasteiger partial charge on any atom is -0.393 e. The molecule has 0 aliphatic heterocycles. The molecule has 6 nitrogen and oxygen atoms in total. The molecule has 3 saturated carbocycles. The molecule has 5 unspecified atom stereocenters. The average Bonchev–Trinajstić information content (AvgIpc) is 3.35. The second-order valence-corrected chi connectivity index (χ2v) is 11.9. The molecule has 1 aromatic heterocycles. The molecule has 0 spiro atoms. The number of benzene rings is 1. The molecule has 0 radical (unpaired) electrons. The standard InChI is InChI=1S/C29H32FN3O3/c1-27-14-17-16-32-33(20-6-4-19(30)5-7-20)23(17)13-18(27)3-8-21-22-9-11-29(36,25(35)10-12-31)28(22,2)15-24(34)26(21)27/h4-7,13,16,21-22,24,26,34,36H,3,8-11,14-15H2,1-2H3/t21?,22?,24-,26?,27?,28?,29-/m0/s1. The monoisotopic (exact) mass is 489 g/mol. The van der Waals surface area contributed by atoms with E-state index in [1.807, 2.05) is 23.9 Å². The Labute approximate surface area is 210 Å². The number of allylic oxidation sites excluding steroid dienone is 1. The van der Waals surface area contributed by atoms with Crippen LogP contribution in [0, 0.1) is 45.7 Å². The van der Waals surface area contributed by atoms with Crippen LogP contribution in [-0.2, 0) is 11.2 Å². The number of hydrogen-bond donors (Lipinski definition) is 2. The van der Waals surface area contributed by atoms with Crippen molar-refractivity contribution in [1.82, 2.24) is 9.78 Å². The summed E-state index contributed by atoms with van der Waals surface area (Å²) in [7, 11) is 0. The van der Waals surface area contributed by atoms with E-state index in [1.165, 1.54) is 17.7 Å². The first-order valence-corrected chi connectivity index (χ1v) is 13.0. The van der Waals surface area contributed by atoms with Crippen molar-refractivity contribution in [1.29, 1.82) is 5.26 Å². The predicted molar refractivity (Wildman–Crippen MR) is 131 cm³/mol. The van der Waals surface area contributed by atoms with Crippen LogP contribution in [0.25, 0.3) is 11.8 Å². The van der Waals surface area contributed by atoms with Gasteiger partial charge in [-0.05, 0) is 97.6 Å². The normalized spacial score (nSPS) is 38.7. The van der Waals surface area contributed by atoms with Crippen LogP contribution in [0.5, 0.6) is 0 Å². The third kappa shape index (κ3) is 3.01. The maximum Gasteiger partial charge on any atom is 0.178 e. The number of aliphatic hydroxyl groups excluding tert-OH is 1. The Balaban J connectivity index is 1.36. The van der Waals surface area contributed by atoms with Crippen LogP contribution in [0.15, 0.2) is 36.0 Å². The summed E-state index contributed by atoms with van der Waals surface area (Å²) < 4.78 is 15.3. The van der Waals surface area contributed by atoms with Crippen LogP contribution in [0.2, 0.25) is 0 Å². The Bertz CT molecular complexity index is 1310. The number of rotatable bonds is 3. The zero-order valence-electron chi connectivity index (χ0n) is 20.7. The highest BCUT2D eigenvalue weighted by molar-refractivity contribution is 5.90. The van der Waals surface area contributed by atoms with Crippen LogP contribution in [0.4, 0.5) is 4.39 Å². The number of fused-ring (bicyclic) bond motifs is 6. The molecule has 4 aliphatic carbocycles. The van der Waals surface area contributed by atoms with Gasteiger partial charge in [0.1, 0.15) is 11.4 Å². The molecule has 36 heavy (non-hydrogen) atoms. The highest BCUT2D eigenvalue weighted by Gasteiger charge is 2.68. The van der Waals surface area contributed by atoms with Crippen molar-refractivity contribution >= 4 is 11.9 Å². The number of aromatic nitrogens is 2. The second kappa shape index (κ2) is 7.84. The molecule has 188 valence electrons. The summed E-state index contributed by atoms with van der Waals surface area (Å²) in [5.41, 5.74) is 1.71. The maximum absolute atomic E-state index is 13.5. The first kappa shape index (κ1) is 23.6. The van der Waals surface area contributed by atoms with E-state index in [9.17, 15) is 19.4 Å². The van der Waals surface area contributed by atoms with E-state index < -0.39 is 22.9 Å². The molecule has 1 heterocycles. The highest BCUT2D eigenvalue weighted by Crippen LogP contribution is 2.67. The number of carbonyl (C=O) groups is 1. The molecular weight excluding hydrogens is 457 g/mol. The average molecular weight is 490 g/mol. The number of nitrogens with zero attached hydrogens (tertiary/aromatic N) is 3. The summed E-state index contributed by atoms with van der Waals surface area (Å²) >= 11 is 0. The van der Waals surface area contributed by atoms with Gasteiger partial charge in [-0.25, -0.2) is 9.07 Å². The quantitative estimate of drug-likeness (QED) is 0.667. The van der Waals surface area contributed by atoms with Gasteiger partial charge in [0.05, 0.1) is 36.2 Å². The van der Waals surface area contributed by atoms with Crippen LogP contribution in [0.3, 0.4) is 0 Å². The number of carbonyl (C=O) groups excluding carboxylic acids is 1. The molecule has 2 N–H and O–H groups in total. The Hall–Kier alpha value is -2.82. The van der Waals surface area contributed by atoms with Crippen LogP contribution < -0.4 is 0 Å². The van der Waals surface area contributed by atoms with Crippen molar-refractivity contribution in [2.45, 2.75) is 70.5 Å². The SMILES string of the molecule is CC12Cc3cnn(-c4ccc(F)cc4)c3C=C1CCC1C2[C@@H](O)CC2(C)C1CC[C@]2(O)C(=O)CC#N. The lowest BCUT2D eigenvalue weighted by Crippen LogP contribution is -2.61. The third-order valence-corrected chi connectivity index (χ3v) is 10.3. The van der Waals surface area contributed by atoms with E-state index >= 15 is 0 Å². The summed E-state index contributed by atoms with van der Waals surface area (Å²) in [6, 6.07) is 8.25. The summed E-state index contributed by atoms with van der Waals surface area (Å²) in [5, 5.41) is 36.9. The zero-order valence-corrected chi connectivity index (χ0v) is 20.7. The third-order valence-electron chi connectivity index (χ3n) is 10.3. The molecule has 4 aliphatic rings. The molecular formula is C29H32FN3O3. The zero-order chi connectivity index (χ0) is 25.5. The van der Waals surface area contributed by atoms with Gasteiger partial charge in [-0.1, -0.05) is 19.4 Å². The molecule has 0 saturated heterocycles. The fraction of sp³-hybridized carbons (Fsp3) is 0.552. The smallest absolute Gasteiger partial charge is 0.178 e. The maximum atomic E-state index is 13.5. The van der Waals surface area contributed by atoms with Gasteiger partial charge in [0.2, 0.25) is 0 Å². The van der Waals surface area contributed by atoms with Crippen molar-refractivity contribution < 1.29 is 19.4 Å². The molecule has 0 amide bonds. The summed E-state index contributed by atoms with van der Waals surface area (Å²) in [4.78, 5) is 12.9. The lowest BCUT2D eigenvalue weighted by molar-refractivity contribution is -0.178. The van der Waals surface area contributed by atoms with Gasteiger partial charge in [-0.3, -0.25) is 4.79 Å². The van der Waals surface area contributed by atoms with Crippen LogP contribution in [-0.4, -0.2) is 37.5 Å². The van der Waals surface area contributed by atoms with Gasteiger partial charge in [-0.15, -0.1) is 0 Å². The number of hydrogen-bond acceptors (Lipinski definition) is 5. The number of halogens is 1. The predicted octanol–water partition coefficient (Wildman–Crippen LogP) is 4.38. The van der Waals surface area contributed by atoms with Gasteiger partial charge < -0.3 is 10.2 Å². The van der Waals surface area contributed by atoms with Gasteiger partial charge in [0, 0.05) is 5.41 Å². The molecule has 7 heteroatoms. The topological polar surface area (TPSA) is 99.1 Å². The van der Waals surface area contributed by atoms with E-state index in [4.69, 9.17) is 5.26 Å². The highest BCUT2D eigenvalue weighted by atomic mass is 19.1. The van der Waals surface area contributed by atoms with Gasteiger partial charge in [0.15, 0.2) is 5.78 Å². The van der Waals surface area contributed by atoms with E-state index in [2.05, 4.69) is 18.1 Å². The van der Waals surface area contributed by atoms with Gasteiger partial charge in [-0.2, -0.15) is 10.4 Å². The van der Waals surface area contributed by atoms with E-state index in [-0.39, 0.29) is 35.4 Å². The van der Waals surface area contributed by atoms with Crippen molar-refractivity contribution in [3.05, 3.63) is 53.1 Å². The summed E-state index contributed by atoms with van der Waals surface area (Å²) in [5.74, 6) is -0.348. The largest absolute Gasteiger partial charge is 0.393 e. The number of aliphatic hydroxyl groups is 2. The van der Waals surface area contributed by atoms with Crippen molar-refractivity contribution in [2.24, 2.45) is 28.6 Å². The van der Waals surface area contributed by atoms with Crippen molar-refractivity contribution in [3.63, 3.8) is 0 Å². The first-order chi connectivity index (χ1) is 17.1. The fourth-order valence-corrected chi connectivity index (χ4v) is 8.65. The Kier molecular flexibility index (Phi) is 5.13. The number of nitriles is 1. The Morgan fingerprint density at radius 3 is 2.75 bits per heavy atom. The molecule has 6 rings (SSSR count). The lowest BCUT2D eigenvalue weighted by atomic mass is 9.45. The lowest BCUT2D eigenvalue weighted by Gasteiger charge is -2.60. The van der Waals surface area contributed by atoms with Crippen LogP contribution >= 0.6 is 0 Å². The first-order valence-electron chi connectivity index (χ1n) is 13.0. The Morgan fingerprint density at radius 1 is 1.28 bits per heavy atom. The number of ketones is 1.